The predicted octanol–water partition coefficient (Wildman–Crippen LogP) is 2.35. The second-order valence-corrected chi connectivity index (χ2v) is 8.84. The Kier molecular flexibility index (Phi) is 4.70. The van der Waals surface area contributed by atoms with Crippen molar-refractivity contribution >= 4 is 17.5 Å². The topological polar surface area (TPSA) is 95.6 Å². The minimum Gasteiger partial charge on any atom is -0.493 e. The van der Waals surface area contributed by atoms with Crippen molar-refractivity contribution in [2.24, 2.45) is 11.8 Å². The molecule has 1 spiro atoms. The van der Waals surface area contributed by atoms with E-state index in [2.05, 4.69) is 5.32 Å². The Labute approximate surface area is 196 Å². The maximum atomic E-state index is 13.5. The molecule has 2 aromatic rings. The van der Waals surface area contributed by atoms with Crippen molar-refractivity contribution in [1.29, 1.82) is 0 Å². The number of fused-ring (bicyclic) bond motifs is 2. The van der Waals surface area contributed by atoms with Gasteiger partial charge in [0.1, 0.15) is 5.60 Å². The molecule has 4 aliphatic rings. The van der Waals surface area contributed by atoms with Crippen LogP contribution in [0.4, 0.5) is 5.69 Å². The summed E-state index contributed by atoms with van der Waals surface area (Å²) in [7, 11) is 3.09. The van der Waals surface area contributed by atoms with E-state index in [-0.39, 0.29) is 18.6 Å². The van der Waals surface area contributed by atoms with Gasteiger partial charge in [0, 0.05) is 18.3 Å². The first kappa shape index (κ1) is 20.9. The van der Waals surface area contributed by atoms with E-state index in [1.807, 2.05) is 30.4 Å². The van der Waals surface area contributed by atoms with Gasteiger partial charge >= 0.3 is 0 Å². The minimum absolute atomic E-state index is 0.0861. The molecule has 2 saturated heterocycles. The standard InChI is InChI=1S/C25H24N2O7/c1-30-16-6-4-15(10-19(16)31-2)26-23(28)21-18-7-8-25(34-18)12-27(24(29)22(21)25)11-14-3-5-17-20(9-14)33-13-32-17/h3-10,18,21-22H,11-13H2,1-2H3,(H,26,28)/t18-,21+,22-,25-/m0/s1. The lowest BCUT2D eigenvalue weighted by molar-refractivity contribution is -0.136. The molecule has 0 radical (unpaired) electrons. The van der Waals surface area contributed by atoms with Crippen LogP contribution >= 0.6 is 0 Å². The summed E-state index contributed by atoms with van der Waals surface area (Å²) in [6.45, 7) is 1.00. The Morgan fingerprint density at radius 2 is 1.94 bits per heavy atom. The summed E-state index contributed by atoms with van der Waals surface area (Å²) >= 11 is 0. The van der Waals surface area contributed by atoms with Crippen LogP contribution in [0.2, 0.25) is 0 Å². The number of rotatable bonds is 6. The highest BCUT2D eigenvalue weighted by Crippen LogP contribution is 2.52. The first-order valence-corrected chi connectivity index (χ1v) is 11.1. The molecule has 4 aliphatic heterocycles. The van der Waals surface area contributed by atoms with Gasteiger partial charge in [-0.15, -0.1) is 0 Å². The van der Waals surface area contributed by atoms with Gasteiger partial charge < -0.3 is 33.9 Å². The van der Waals surface area contributed by atoms with Gasteiger partial charge in [0.2, 0.25) is 18.6 Å². The zero-order chi connectivity index (χ0) is 23.4. The number of hydrogen-bond donors (Lipinski definition) is 1. The largest absolute Gasteiger partial charge is 0.493 e. The van der Waals surface area contributed by atoms with Crippen molar-refractivity contribution in [2.75, 3.05) is 32.9 Å². The number of likely N-dealkylation sites (tertiary alicyclic amines) is 1. The number of carbonyl (C=O) groups excluding carboxylic acids is 2. The monoisotopic (exact) mass is 464 g/mol. The molecule has 0 aliphatic carbocycles. The lowest BCUT2D eigenvalue weighted by atomic mass is 9.77. The van der Waals surface area contributed by atoms with E-state index in [0.29, 0.717) is 41.8 Å². The minimum atomic E-state index is -0.780. The average molecular weight is 464 g/mol. The molecule has 9 nitrogen and oxygen atoms in total. The second kappa shape index (κ2) is 7.66. The summed E-state index contributed by atoms with van der Waals surface area (Å²) < 4.78 is 27.6. The molecule has 0 saturated carbocycles. The number of hydrogen-bond acceptors (Lipinski definition) is 7. The van der Waals surface area contributed by atoms with E-state index >= 15 is 0 Å². The van der Waals surface area contributed by atoms with Crippen molar-refractivity contribution in [3.8, 4) is 23.0 Å². The van der Waals surface area contributed by atoms with Crippen LogP contribution in [-0.2, 0) is 20.9 Å². The van der Waals surface area contributed by atoms with Crippen LogP contribution in [0.25, 0.3) is 0 Å². The fourth-order valence-electron chi connectivity index (χ4n) is 5.41. The van der Waals surface area contributed by atoms with E-state index < -0.39 is 23.5 Å². The molecule has 2 amide bonds. The molecule has 2 fully saturated rings. The summed E-state index contributed by atoms with van der Waals surface area (Å²) in [4.78, 5) is 28.6. The Morgan fingerprint density at radius 1 is 1.12 bits per heavy atom. The maximum Gasteiger partial charge on any atom is 0.231 e. The highest BCUT2D eigenvalue weighted by molar-refractivity contribution is 5.99. The van der Waals surface area contributed by atoms with E-state index in [1.165, 1.54) is 7.11 Å². The van der Waals surface area contributed by atoms with Crippen molar-refractivity contribution < 1.29 is 33.3 Å². The number of methoxy groups -OCH3 is 2. The predicted molar refractivity (Wildman–Crippen MR) is 120 cm³/mol. The maximum absolute atomic E-state index is 13.5. The van der Waals surface area contributed by atoms with Crippen LogP contribution in [0.15, 0.2) is 48.6 Å². The Morgan fingerprint density at radius 3 is 2.76 bits per heavy atom. The summed E-state index contributed by atoms with van der Waals surface area (Å²) in [5.74, 6) is 0.909. The van der Waals surface area contributed by atoms with E-state index in [9.17, 15) is 9.59 Å². The number of amides is 2. The van der Waals surface area contributed by atoms with Crippen LogP contribution < -0.4 is 24.3 Å². The lowest BCUT2D eigenvalue weighted by Crippen LogP contribution is -2.41. The zero-order valence-corrected chi connectivity index (χ0v) is 18.8. The Balaban J connectivity index is 1.21. The average Bonchev–Trinajstić information content (AvgIpc) is 3.60. The summed E-state index contributed by atoms with van der Waals surface area (Å²) in [6, 6.07) is 10.8. The normalized spacial score (nSPS) is 27.8. The van der Waals surface area contributed by atoms with Gasteiger partial charge in [-0.1, -0.05) is 18.2 Å². The van der Waals surface area contributed by atoms with Crippen LogP contribution in [-0.4, -0.2) is 56.0 Å². The van der Waals surface area contributed by atoms with Crippen molar-refractivity contribution in [1.82, 2.24) is 4.90 Å². The van der Waals surface area contributed by atoms with Crippen LogP contribution in [0, 0.1) is 11.8 Å². The quantitative estimate of drug-likeness (QED) is 0.656. The van der Waals surface area contributed by atoms with Gasteiger partial charge in [-0.25, -0.2) is 0 Å². The SMILES string of the molecule is COc1ccc(NC(=O)[C@@H]2[C@@H]3C=C[C@@]4(CN(Cc5ccc6c(c5)OCO6)C(=O)[C@H]24)O3)cc1OC. The van der Waals surface area contributed by atoms with Gasteiger partial charge in [0.05, 0.1) is 38.7 Å². The Bertz CT molecular complexity index is 1210. The number of nitrogens with one attached hydrogen (secondary N) is 1. The first-order valence-electron chi connectivity index (χ1n) is 11.1. The third-order valence-corrected chi connectivity index (χ3v) is 6.94. The van der Waals surface area contributed by atoms with Gasteiger partial charge in [-0.3, -0.25) is 9.59 Å². The molecule has 4 heterocycles. The molecular formula is C25H24N2O7. The third kappa shape index (κ3) is 3.11. The molecule has 0 aromatic heterocycles. The second-order valence-electron chi connectivity index (χ2n) is 8.84. The third-order valence-electron chi connectivity index (χ3n) is 6.94. The molecule has 1 N–H and O–H groups in total. The molecular weight excluding hydrogens is 440 g/mol. The number of ether oxygens (including phenoxy) is 5. The number of nitrogens with zero attached hydrogens (tertiary/aromatic N) is 1. The Hall–Kier alpha value is -3.72. The highest BCUT2D eigenvalue weighted by atomic mass is 16.7. The van der Waals surface area contributed by atoms with Gasteiger partial charge in [0.15, 0.2) is 23.0 Å². The zero-order valence-electron chi connectivity index (χ0n) is 18.8. The smallest absolute Gasteiger partial charge is 0.231 e. The molecule has 0 unspecified atom stereocenters. The highest BCUT2D eigenvalue weighted by Gasteiger charge is 2.66. The van der Waals surface area contributed by atoms with Crippen LogP contribution in [0.1, 0.15) is 5.56 Å². The molecule has 9 heteroatoms. The molecule has 176 valence electrons. The van der Waals surface area contributed by atoms with Crippen molar-refractivity contribution in [3.05, 3.63) is 54.1 Å². The van der Waals surface area contributed by atoms with Gasteiger partial charge in [-0.2, -0.15) is 0 Å². The molecule has 2 bridgehead atoms. The first-order chi connectivity index (χ1) is 16.5. The van der Waals surface area contributed by atoms with Gasteiger partial charge in [-0.05, 0) is 29.8 Å². The molecule has 6 rings (SSSR count). The number of anilines is 1. The summed E-state index contributed by atoms with van der Waals surface area (Å²) in [6.07, 6.45) is 3.41. The van der Waals surface area contributed by atoms with E-state index in [4.69, 9.17) is 23.7 Å². The van der Waals surface area contributed by atoms with Crippen LogP contribution in [0.3, 0.4) is 0 Å². The van der Waals surface area contributed by atoms with E-state index in [1.54, 1.807) is 30.2 Å². The van der Waals surface area contributed by atoms with Crippen molar-refractivity contribution in [2.45, 2.75) is 18.2 Å². The molecule has 2 aromatic carbocycles. The van der Waals surface area contributed by atoms with Crippen molar-refractivity contribution in [3.63, 3.8) is 0 Å². The number of carbonyl (C=O) groups is 2. The van der Waals surface area contributed by atoms with E-state index in [0.717, 1.165) is 5.56 Å². The summed E-state index contributed by atoms with van der Waals surface area (Å²) in [5.41, 5.74) is 0.711. The fraction of sp³-hybridized carbons (Fsp3) is 0.360. The number of benzene rings is 2. The summed E-state index contributed by atoms with van der Waals surface area (Å²) in [5, 5.41) is 2.93. The van der Waals surface area contributed by atoms with Crippen LogP contribution in [0.5, 0.6) is 23.0 Å². The lowest BCUT2D eigenvalue weighted by Gasteiger charge is -2.23. The van der Waals surface area contributed by atoms with Gasteiger partial charge in [0.25, 0.3) is 0 Å². The molecule has 4 atom stereocenters. The molecule has 34 heavy (non-hydrogen) atoms. The fourth-order valence-corrected chi connectivity index (χ4v) is 5.41.